The summed E-state index contributed by atoms with van der Waals surface area (Å²) in [6.45, 7) is 21.7. The molecule has 1 N–H and O–H groups in total. The molecule has 0 aliphatic rings. The molecule has 14 heavy (non-hydrogen) atoms. The first-order valence-corrected chi connectivity index (χ1v) is 15.8. The van der Waals surface area contributed by atoms with Crippen LogP contribution in [0.5, 0.6) is 0 Å². The van der Waals surface area contributed by atoms with Crippen molar-refractivity contribution in [2.24, 2.45) is 0 Å². The first-order valence-electron chi connectivity index (χ1n) is 5.42. The highest BCUT2D eigenvalue weighted by molar-refractivity contribution is 6.90. The van der Waals surface area contributed by atoms with Crippen molar-refractivity contribution in [3.05, 3.63) is 0 Å². The van der Waals surface area contributed by atoms with Crippen LogP contribution in [0.4, 0.5) is 0 Å². The first kappa shape index (κ1) is 14.6. The van der Waals surface area contributed by atoms with Gasteiger partial charge in [0.2, 0.25) is 0 Å². The van der Waals surface area contributed by atoms with Crippen LogP contribution in [0.3, 0.4) is 0 Å². The van der Waals surface area contributed by atoms with E-state index in [-0.39, 0.29) is 0 Å². The molecule has 0 spiro atoms. The molecule has 0 rings (SSSR count). The molecule has 0 aliphatic heterocycles. The van der Waals surface area contributed by atoms with E-state index < -0.39 is 24.7 Å². The summed E-state index contributed by atoms with van der Waals surface area (Å²) >= 11 is 0. The normalized spacial score (nSPS) is 15.0. The Morgan fingerprint density at radius 3 is 1.00 bits per heavy atom. The van der Waals surface area contributed by atoms with Crippen molar-refractivity contribution in [1.29, 1.82) is 0 Å². The van der Waals surface area contributed by atoms with Gasteiger partial charge in [0.05, 0.1) is 0 Å². The van der Waals surface area contributed by atoms with Gasteiger partial charge in [0, 0.05) is 0 Å². The van der Waals surface area contributed by atoms with Crippen molar-refractivity contribution in [3.63, 3.8) is 0 Å². The lowest BCUT2D eigenvalue weighted by Crippen LogP contribution is -2.70. The largest absolute Gasteiger partial charge is 0.292 e. The molecule has 0 bridgehead atoms. The maximum atomic E-state index is 3.83. The van der Waals surface area contributed by atoms with Gasteiger partial charge in [-0.15, -0.1) is 0 Å². The molecule has 0 unspecified atom stereocenters. The van der Waals surface area contributed by atoms with Gasteiger partial charge in [-0.25, -0.2) is 0 Å². The Kier molecular flexibility index (Phi) is 4.38. The number of hydrogen-bond donors (Lipinski definition) is 1. The molecule has 0 aromatic carbocycles. The Morgan fingerprint density at radius 1 is 0.643 bits per heavy atom. The number of nitrogens with zero attached hydrogens (tertiary/aromatic N) is 1. The summed E-state index contributed by atoms with van der Waals surface area (Å²) in [5.74, 6) is 0. The van der Waals surface area contributed by atoms with Gasteiger partial charge in [-0.1, -0.05) is 58.9 Å². The lowest BCUT2D eigenvalue weighted by Gasteiger charge is -2.47. The highest BCUT2D eigenvalue weighted by Crippen LogP contribution is 2.18. The Morgan fingerprint density at radius 2 is 0.929 bits per heavy atom. The second kappa shape index (κ2) is 4.21. The van der Waals surface area contributed by atoms with Crippen LogP contribution in [0.25, 0.3) is 0 Å². The van der Waals surface area contributed by atoms with E-state index in [0.717, 1.165) is 0 Å². The van der Waals surface area contributed by atoms with Crippen molar-refractivity contribution >= 4 is 24.7 Å². The molecule has 0 aliphatic carbocycles. The Balaban J connectivity index is 4.78. The highest BCUT2D eigenvalue weighted by Gasteiger charge is 2.36. The van der Waals surface area contributed by atoms with E-state index in [1.807, 2.05) is 0 Å². The molecule has 0 fully saturated rings. The van der Waals surface area contributed by atoms with E-state index in [4.69, 9.17) is 0 Å². The van der Waals surface area contributed by atoms with Gasteiger partial charge in [-0.2, -0.15) is 0 Å². The van der Waals surface area contributed by atoms with E-state index in [2.05, 4.69) is 68.4 Å². The molecule has 0 heterocycles. The molecule has 0 saturated heterocycles. The molecule has 0 atom stereocenters. The average molecular weight is 249 g/mol. The van der Waals surface area contributed by atoms with Crippen LogP contribution in [0.2, 0.25) is 58.9 Å². The van der Waals surface area contributed by atoms with E-state index in [9.17, 15) is 0 Å². The van der Waals surface area contributed by atoms with Gasteiger partial charge in [0.25, 0.3) is 0 Å². The summed E-state index contributed by atoms with van der Waals surface area (Å²) in [6.07, 6.45) is 0. The minimum absolute atomic E-state index is 1.19. The summed E-state index contributed by atoms with van der Waals surface area (Å²) in [7, 11) is -3.62. The zero-order valence-corrected chi connectivity index (χ0v) is 14.4. The van der Waals surface area contributed by atoms with Crippen LogP contribution in [0.1, 0.15) is 0 Å². The third-order valence-electron chi connectivity index (χ3n) is 1.79. The van der Waals surface area contributed by atoms with Crippen LogP contribution in [-0.4, -0.2) is 29.0 Å². The van der Waals surface area contributed by atoms with Gasteiger partial charge >= 0.3 is 0 Å². The van der Waals surface area contributed by atoms with Gasteiger partial charge in [0.15, 0.2) is 0 Å². The van der Waals surface area contributed by atoms with Gasteiger partial charge in [-0.05, 0) is 0 Å². The fourth-order valence-corrected chi connectivity index (χ4v) is 15.1. The molecule has 0 radical (unpaired) electrons. The molecule has 0 aromatic heterocycles. The monoisotopic (exact) mass is 248 g/mol. The van der Waals surface area contributed by atoms with E-state index in [0.29, 0.717) is 0 Å². The molecular weight excluding hydrogens is 220 g/mol. The summed E-state index contributed by atoms with van der Waals surface area (Å²) in [5.41, 5.74) is 0. The topological polar surface area (TPSA) is 15.3 Å². The van der Waals surface area contributed by atoms with E-state index >= 15 is 0 Å². The molecule has 86 valence electrons. The van der Waals surface area contributed by atoms with Crippen molar-refractivity contribution < 1.29 is 0 Å². The fraction of sp³-hybridized carbons (Fsp3) is 1.00. The molecule has 0 amide bonds. The highest BCUT2D eigenvalue weighted by atomic mass is 28.4. The van der Waals surface area contributed by atoms with Crippen molar-refractivity contribution in [1.82, 2.24) is 9.43 Å². The maximum Gasteiger partial charge on any atom is 0.131 e. The van der Waals surface area contributed by atoms with Crippen LogP contribution >= 0.6 is 0 Å². The predicted molar refractivity (Wildman–Crippen MR) is 75.0 cm³/mol. The van der Waals surface area contributed by atoms with Crippen molar-refractivity contribution in [3.8, 4) is 0 Å². The van der Waals surface area contributed by atoms with Crippen molar-refractivity contribution in [2.45, 2.75) is 58.9 Å². The lowest BCUT2D eigenvalue weighted by atomic mass is 11.8. The zero-order valence-electron chi connectivity index (χ0n) is 11.4. The molecule has 0 aromatic rings. The summed E-state index contributed by atoms with van der Waals surface area (Å²) in [5, 5.41) is 3.83. The number of rotatable bonds is 4. The summed E-state index contributed by atoms with van der Waals surface area (Å²) < 4.78 is 2.67. The third kappa shape index (κ3) is 5.45. The van der Waals surface area contributed by atoms with Crippen LogP contribution in [0.15, 0.2) is 0 Å². The average Bonchev–Trinajstić information content (AvgIpc) is 1.75. The lowest BCUT2D eigenvalue weighted by molar-refractivity contribution is 0.566. The fourth-order valence-electron chi connectivity index (χ4n) is 1.68. The Hall–Kier alpha value is 0.571. The van der Waals surface area contributed by atoms with Crippen LogP contribution in [0, 0.1) is 0 Å². The van der Waals surface area contributed by atoms with Crippen molar-refractivity contribution in [2.75, 3.05) is 0 Å². The molecule has 2 nitrogen and oxygen atoms in total. The predicted octanol–water partition coefficient (Wildman–Crippen LogP) is 3.30. The van der Waals surface area contributed by atoms with Gasteiger partial charge in [-0.3, -0.25) is 9.43 Å². The Labute approximate surface area is 93.3 Å². The third-order valence-corrected chi connectivity index (χ3v) is 10.1. The minimum atomic E-state index is -1.21. The van der Waals surface area contributed by atoms with Gasteiger partial charge < -0.3 is 0 Å². The smallest absolute Gasteiger partial charge is 0.131 e. The summed E-state index contributed by atoms with van der Waals surface area (Å²) in [4.78, 5) is 0. The molecular formula is C9H28N2Si3. The second-order valence-electron chi connectivity index (χ2n) is 7.04. The van der Waals surface area contributed by atoms with Crippen LogP contribution in [-0.2, 0) is 0 Å². The van der Waals surface area contributed by atoms with E-state index in [1.165, 1.54) is 0 Å². The number of nitrogens with one attached hydrogen (secondary N) is 1. The van der Waals surface area contributed by atoms with Crippen LogP contribution < -0.4 is 5.09 Å². The first-order chi connectivity index (χ1) is 5.84. The summed E-state index contributed by atoms with van der Waals surface area (Å²) in [6, 6.07) is 0. The zero-order chi connectivity index (χ0) is 11.8. The SMILES string of the molecule is C[Si](C)(C)NN([Si](C)(C)C)[Si](C)(C)C. The van der Waals surface area contributed by atoms with E-state index in [1.54, 1.807) is 0 Å². The molecule has 5 heteroatoms. The number of hydrogen-bond acceptors (Lipinski definition) is 2. The quantitative estimate of drug-likeness (QED) is 0.607. The minimum Gasteiger partial charge on any atom is -0.292 e. The van der Waals surface area contributed by atoms with Gasteiger partial charge in [0.1, 0.15) is 24.7 Å². The second-order valence-corrected chi connectivity index (χ2v) is 21.8. The molecule has 0 saturated carbocycles. The maximum absolute atomic E-state index is 3.83. The number of hydrazine groups is 1. The standard InChI is InChI=1S/C9H28N2Si3/c1-12(2,3)10-11(13(4,5)6)14(7,8)9/h10H,1-9H3. The Bertz CT molecular complexity index is 172.